The van der Waals surface area contributed by atoms with E-state index in [9.17, 15) is 22.8 Å². The average molecular weight is 472 g/mol. The summed E-state index contributed by atoms with van der Waals surface area (Å²) in [7, 11) is 2.67. The maximum absolute atomic E-state index is 13.9. The van der Waals surface area contributed by atoms with E-state index < -0.39 is 23.6 Å². The number of para-hydroxylation sites is 1. The molecule has 2 N–H and O–H groups in total. The number of ether oxygens (including phenoxy) is 2. The molecule has 1 heterocycles. The highest BCUT2D eigenvalue weighted by molar-refractivity contribution is 6.05. The van der Waals surface area contributed by atoms with E-state index in [1.165, 1.54) is 30.2 Å². The summed E-state index contributed by atoms with van der Waals surface area (Å²) < 4.78 is 51.9. The highest BCUT2D eigenvalue weighted by Gasteiger charge is 2.45. The summed E-state index contributed by atoms with van der Waals surface area (Å²) in [4.78, 5) is 27.4. The van der Waals surface area contributed by atoms with Gasteiger partial charge in [0, 0.05) is 17.7 Å². The third-order valence-corrected chi connectivity index (χ3v) is 6.10. The normalized spacial score (nSPS) is 18.7. The van der Waals surface area contributed by atoms with Crippen molar-refractivity contribution in [1.82, 2.24) is 0 Å². The molecule has 2 aromatic rings. The van der Waals surface area contributed by atoms with E-state index in [4.69, 9.17) is 15.2 Å². The predicted octanol–water partition coefficient (Wildman–Crippen LogP) is 4.67. The van der Waals surface area contributed by atoms with Crippen LogP contribution in [-0.2, 0) is 20.5 Å². The Morgan fingerprint density at radius 3 is 2.35 bits per heavy atom. The number of Topliss-reactive ketones (excluding diaryl/α,β-unsaturated/α-hetero) is 1. The molecule has 0 bridgehead atoms. The summed E-state index contributed by atoms with van der Waals surface area (Å²) in [5.74, 6) is -1.57. The number of ketones is 1. The van der Waals surface area contributed by atoms with Gasteiger partial charge in [-0.2, -0.15) is 13.2 Å². The summed E-state index contributed by atoms with van der Waals surface area (Å²) in [6.45, 7) is 0. The molecule has 0 saturated heterocycles. The highest BCUT2D eigenvalue weighted by atomic mass is 19.4. The van der Waals surface area contributed by atoms with Crippen molar-refractivity contribution in [3.05, 3.63) is 82.3 Å². The van der Waals surface area contributed by atoms with E-state index >= 15 is 0 Å². The fraction of sp³-hybridized carbons (Fsp3) is 0.280. The molecular weight excluding hydrogens is 449 g/mol. The van der Waals surface area contributed by atoms with Gasteiger partial charge < -0.3 is 15.2 Å². The number of hydrogen-bond donors (Lipinski definition) is 1. The van der Waals surface area contributed by atoms with Gasteiger partial charge >= 0.3 is 12.1 Å². The van der Waals surface area contributed by atoms with Gasteiger partial charge in [0.2, 0.25) is 0 Å². The molecule has 178 valence electrons. The van der Waals surface area contributed by atoms with Crippen LogP contribution in [0.5, 0.6) is 5.75 Å². The Morgan fingerprint density at radius 2 is 1.74 bits per heavy atom. The van der Waals surface area contributed by atoms with Crippen molar-refractivity contribution in [3.63, 3.8) is 0 Å². The topological polar surface area (TPSA) is 81.9 Å². The number of carbonyl (C=O) groups excluding carboxylic acids is 2. The third kappa shape index (κ3) is 3.91. The molecule has 1 atom stereocenters. The first-order chi connectivity index (χ1) is 16.2. The molecule has 0 spiro atoms. The number of methoxy groups -OCH3 is 2. The standard InChI is InChI=1S/C25H23F3N2O4/c1-33-15-12-10-14(11-13-15)20-21-18(8-5-9-19(21)31)30(23(29)22(20)24(32)34-2)17-7-4-3-6-16(17)25(26,27)28/h3-4,6-7,10-13,20H,5,8-9,29H2,1-2H3. The molecule has 2 aliphatic rings. The molecule has 1 unspecified atom stereocenters. The molecule has 2 aromatic carbocycles. The zero-order valence-electron chi connectivity index (χ0n) is 18.6. The van der Waals surface area contributed by atoms with Gasteiger partial charge in [0.15, 0.2) is 5.78 Å². The van der Waals surface area contributed by atoms with Crippen LogP contribution < -0.4 is 15.4 Å². The van der Waals surface area contributed by atoms with Crippen LogP contribution in [0.25, 0.3) is 0 Å². The number of nitrogens with two attached hydrogens (primary N) is 1. The lowest BCUT2D eigenvalue weighted by molar-refractivity contribution is -0.137. The van der Waals surface area contributed by atoms with Gasteiger partial charge in [0.25, 0.3) is 0 Å². The molecule has 0 radical (unpaired) electrons. The van der Waals surface area contributed by atoms with Crippen LogP contribution in [0.4, 0.5) is 18.9 Å². The van der Waals surface area contributed by atoms with E-state index in [1.54, 1.807) is 24.3 Å². The number of alkyl halides is 3. The van der Waals surface area contributed by atoms with E-state index in [1.807, 2.05) is 0 Å². The molecule has 4 rings (SSSR count). The summed E-state index contributed by atoms with van der Waals surface area (Å²) in [5.41, 5.74) is 6.39. The fourth-order valence-corrected chi connectivity index (χ4v) is 4.61. The molecule has 34 heavy (non-hydrogen) atoms. The monoisotopic (exact) mass is 472 g/mol. The van der Waals surface area contributed by atoms with Crippen molar-refractivity contribution < 1.29 is 32.2 Å². The van der Waals surface area contributed by atoms with Gasteiger partial charge in [-0.25, -0.2) is 4.79 Å². The molecule has 6 nitrogen and oxygen atoms in total. The van der Waals surface area contributed by atoms with E-state index in [0.717, 1.165) is 13.2 Å². The first kappa shape index (κ1) is 23.4. The number of anilines is 1. The van der Waals surface area contributed by atoms with Gasteiger partial charge in [-0.05, 0) is 42.7 Å². The number of esters is 1. The Bertz CT molecular complexity index is 1200. The Morgan fingerprint density at radius 1 is 1.06 bits per heavy atom. The molecule has 0 saturated carbocycles. The molecule has 9 heteroatoms. The van der Waals surface area contributed by atoms with Gasteiger partial charge in [0.05, 0.1) is 37.0 Å². The lowest BCUT2D eigenvalue weighted by Crippen LogP contribution is -2.41. The van der Waals surface area contributed by atoms with Crippen molar-refractivity contribution in [2.75, 3.05) is 19.1 Å². The van der Waals surface area contributed by atoms with Crippen molar-refractivity contribution in [1.29, 1.82) is 0 Å². The van der Waals surface area contributed by atoms with Crippen LogP contribution in [0.1, 0.15) is 36.3 Å². The number of rotatable bonds is 4. The van der Waals surface area contributed by atoms with Crippen LogP contribution in [0, 0.1) is 0 Å². The highest BCUT2D eigenvalue weighted by Crippen LogP contribution is 2.49. The molecule has 1 aliphatic heterocycles. The van der Waals surface area contributed by atoms with Crippen molar-refractivity contribution >= 4 is 17.4 Å². The largest absolute Gasteiger partial charge is 0.497 e. The number of nitrogens with zero attached hydrogens (tertiary/aromatic N) is 1. The predicted molar refractivity (Wildman–Crippen MR) is 119 cm³/mol. The minimum atomic E-state index is -4.67. The van der Waals surface area contributed by atoms with Crippen LogP contribution in [0.3, 0.4) is 0 Å². The van der Waals surface area contributed by atoms with E-state index in [0.29, 0.717) is 29.9 Å². The fourth-order valence-electron chi connectivity index (χ4n) is 4.61. The second-order valence-electron chi connectivity index (χ2n) is 7.98. The van der Waals surface area contributed by atoms with Crippen LogP contribution >= 0.6 is 0 Å². The Balaban J connectivity index is 2.02. The number of benzene rings is 2. The van der Waals surface area contributed by atoms with Crippen molar-refractivity contribution in [3.8, 4) is 5.75 Å². The second kappa shape index (κ2) is 8.89. The lowest BCUT2D eigenvalue weighted by atomic mass is 9.75. The molecule has 0 aromatic heterocycles. The number of allylic oxidation sites excluding steroid dienone is 2. The lowest BCUT2D eigenvalue weighted by Gasteiger charge is -2.41. The van der Waals surface area contributed by atoms with Crippen molar-refractivity contribution in [2.24, 2.45) is 5.73 Å². The number of halogens is 3. The molecule has 0 fully saturated rings. The minimum Gasteiger partial charge on any atom is -0.497 e. The maximum Gasteiger partial charge on any atom is 0.418 e. The SMILES string of the molecule is COC(=O)C1=C(N)N(c2ccccc2C(F)(F)F)C2=C(C(=O)CCC2)C1c1ccc(OC)cc1. The molecule has 0 amide bonds. The summed E-state index contributed by atoms with van der Waals surface area (Å²) in [6.07, 6.45) is -3.67. The Labute approximate surface area is 194 Å². The summed E-state index contributed by atoms with van der Waals surface area (Å²) in [5, 5.41) is 0. The van der Waals surface area contributed by atoms with Crippen LogP contribution in [0.15, 0.2) is 71.2 Å². The summed E-state index contributed by atoms with van der Waals surface area (Å²) in [6, 6.07) is 11.7. The van der Waals surface area contributed by atoms with E-state index in [2.05, 4.69) is 0 Å². The zero-order valence-corrected chi connectivity index (χ0v) is 18.6. The van der Waals surface area contributed by atoms with Crippen molar-refractivity contribution in [2.45, 2.75) is 31.4 Å². The average Bonchev–Trinajstić information content (AvgIpc) is 2.82. The Hall–Kier alpha value is -3.75. The molecular formula is C25H23F3N2O4. The number of carbonyl (C=O) groups is 2. The quantitative estimate of drug-likeness (QED) is 0.652. The Kier molecular flexibility index (Phi) is 6.12. The zero-order chi connectivity index (χ0) is 24.6. The van der Waals surface area contributed by atoms with Crippen LogP contribution in [-0.4, -0.2) is 26.0 Å². The second-order valence-corrected chi connectivity index (χ2v) is 7.98. The van der Waals surface area contributed by atoms with Gasteiger partial charge in [0.1, 0.15) is 11.6 Å². The third-order valence-electron chi connectivity index (χ3n) is 6.10. The first-order valence-corrected chi connectivity index (χ1v) is 10.6. The summed E-state index contributed by atoms with van der Waals surface area (Å²) >= 11 is 0. The molecule has 1 aliphatic carbocycles. The van der Waals surface area contributed by atoms with E-state index in [-0.39, 0.29) is 34.9 Å². The smallest absolute Gasteiger partial charge is 0.418 e. The van der Waals surface area contributed by atoms with Crippen LogP contribution in [0.2, 0.25) is 0 Å². The first-order valence-electron chi connectivity index (χ1n) is 10.6. The maximum atomic E-state index is 13.9. The van der Waals surface area contributed by atoms with Gasteiger partial charge in [-0.3, -0.25) is 9.69 Å². The number of hydrogen-bond acceptors (Lipinski definition) is 6. The minimum absolute atomic E-state index is 0.0846. The van der Waals surface area contributed by atoms with Gasteiger partial charge in [-0.15, -0.1) is 0 Å². The van der Waals surface area contributed by atoms with Gasteiger partial charge in [-0.1, -0.05) is 24.3 Å².